The molecule has 0 aliphatic rings. The predicted octanol–water partition coefficient (Wildman–Crippen LogP) is 4.20. The van der Waals surface area contributed by atoms with Gasteiger partial charge in [-0.1, -0.05) is 60.7 Å². The van der Waals surface area contributed by atoms with E-state index in [2.05, 4.69) is 10.5 Å². The molecular weight excluding hydrogens is 474 g/mol. The lowest BCUT2D eigenvalue weighted by atomic mass is 9.85. The minimum atomic E-state index is -1.95. The molecule has 37 heavy (non-hydrogen) atoms. The van der Waals surface area contributed by atoms with Crippen LogP contribution in [-0.4, -0.2) is 28.1 Å². The van der Waals surface area contributed by atoms with Crippen LogP contribution in [-0.2, 0) is 10.4 Å². The fourth-order valence-corrected chi connectivity index (χ4v) is 3.54. The smallest absolute Gasteiger partial charge is 0.343 e. The van der Waals surface area contributed by atoms with E-state index >= 15 is 0 Å². The van der Waals surface area contributed by atoms with Gasteiger partial charge in [-0.15, -0.1) is 0 Å². The number of hydrogen-bond acceptors (Lipinski definition) is 7. The zero-order valence-corrected chi connectivity index (χ0v) is 19.4. The van der Waals surface area contributed by atoms with E-state index in [1.165, 1.54) is 42.6 Å². The highest BCUT2D eigenvalue weighted by Crippen LogP contribution is 2.29. The van der Waals surface area contributed by atoms with Crippen molar-refractivity contribution in [1.82, 2.24) is 5.43 Å². The molecule has 4 rings (SSSR count). The van der Waals surface area contributed by atoms with Crippen LogP contribution in [0.3, 0.4) is 0 Å². The van der Waals surface area contributed by atoms with Crippen molar-refractivity contribution in [3.05, 3.63) is 142 Å². The van der Waals surface area contributed by atoms with Gasteiger partial charge in [-0.3, -0.25) is 14.9 Å². The Morgan fingerprint density at radius 3 is 1.89 bits per heavy atom. The first-order valence-corrected chi connectivity index (χ1v) is 11.1. The quantitative estimate of drug-likeness (QED) is 0.124. The van der Waals surface area contributed by atoms with Crippen LogP contribution < -0.4 is 10.2 Å². The highest BCUT2D eigenvalue weighted by molar-refractivity contribution is 5.92. The molecule has 2 N–H and O–H groups in total. The Balaban J connectivity index is 1.42. The lowest BCUT2D eigenvalue weighted by Crippen LogP contribution is -2.43. The molecule has 4 aromatic carbocycles. The van der Waals surface area contributed by atoms with Gasteiger partial charge in [-0.2, -0.15) is 5.10 Å². The number of nitro benzene ring substituents is 1. The van der Waals surface area contributed by atoms with Crippen molar-refractivity contribution in [3.63, 3.8) is 0 Å². The van der Waals surface area contributed by atoms with Gasteiger partial charge in [0.1, 0.15) is 5.75 Å². The third-order valence-corrected chi connectivity index (χ3v) is 5.50. The summed E-state index contributed by atoms with van der Waals surface area (Å²) >= 11 is 0. The van der Waals surface area contributed by atoms with Gasteiger partial charge in [0, 0.05) is 12.1 Å². The number of carbonyl (C=O) groups excluding carboxylic acids is 2. The van der Waals surface area contributed by atoms with Gasteiger partial charge in [-0.05, 0) is 53.1 Å². The van der Waals surface area contributed by atoms with E-state index in [4.69, 9.17) is 4.74 Å². The lowest BCUT2D eigenvalue weighted by Gasteiger charge is -2.27. The SMILES string of the molecule is O=C(Oc1ccc(C=NNC(=O)C(O)(c2ccccc2)c2ccccc2)cc1)c1ccc([N+](=O)[O-])cc1. The predicted molar refractivity (Wildman–Crippen MR) is 136 cm³/mol. The van der Waals surface area contributed by atoms with Gasteiger partial charge >= 0.3 is 5.97 Å². The molecule has 9 nitrogen and oxygen atoms in total. The number of nitrogens with zero attached hydrogens (tertiary/aromatic N) is 2. The highest BCUT2D eigenvalue weighted by Gasteiger charge is 2.39. The Labute approximate surface area is 211 Å². The number of nitro groups is 1. The average molecular weight is 495 g/mol. The van der Waals surface area contributed by atoms with Crippen LogP contribution in [0.25, 0.3) is 0 Å². The van der Waals surface area contributed by atoms with Gasteiger partial charge in [0.25, 0.3) is 11.6 Å². The molecule has 0 aliphatic heterocycles. The molecule has 0 radical (unpaired) electrons. The number of hydrogen-bond donors (Lipinski definition) is 2. The van der Waals surface area contributed by atoms with Crippen molar-refractivity contribution < 1.29 is 24.4 Å². The maximum atomic E-state index is 13.1. The van der Waals surface area contributed by atoms with Crippen molar-refractivity contribution >= 4 is 23.8 Å². The summed E-state index contributed by atoms with van der Waals surface area (Å²) in [7, 11) is 0. The average Bonchev–Trinajstić information content (AvgIpc) is 2.94. The third-order valence-electron chi connectivity index (χ3n) is 5.50. The van der Waals surface area contributed by atoms with Crippen LogP contribution >= 0.6 is 0 Å². The van der Waals surface area contributed by atoms with Gasteiger partial charge in [0.2, 0.25) is 0 Å². The molecule has 0 heterocycles. The fraction of sp³-hybridized carbons (Fsp3) is 0.0357. The fourth-order valence-electron chi connectivity index (χ4n) is 3.54. The number of rotatable bonds is 8. The van der Waals surface area contributed by atoms with Crippen molar-refractivity contribution in [2.24, 2.45) is 5.10 Å². The maximum Gasteiger partial charge on any atom is 0.343 e. The van der Waals surface area contributed by atoms with Gasteiger partial charge in [-0.25, -0.2) is 10.2 Å². The number of esters is 1. The summed E-state index contributed by atoms with van der Waals surface area (Å²) in [5.74, 6) is -1.13. The normalized spacial score (nSPS) is 11.2. The lowest BCUT2D eigenvalue weighted by molar-refractivity contribution is -0.384. The van der Waals surface area contributed by atoms with E-state index in [-0.39, 0.29) is 17.0 Å². The first kappa shape index (κ1) is 25.0. The molecule has 0 atom stereocenters. The summed E-state index contributed by atoms with van der Waals surface area (Å²) < 4.78 is 5.29. The van der Waals surface area contributed by atoms with E-state index < -0.39 is 22.4 Å². The number of non-ortho nitro benzene ring substituents is 1. The molecule has 0 bridgehead atoms. The van der Waals surface area contributed by atoms with Crippen LogP contribution in [0.1, 0.15) is 27.0 Å². The van der Waals surface area contributed by atoms with E-state index in [1.807, 2.05) is 0 Å². The minimum absolute atomic E-state index is 0.127. The Morgan fingerprint density at radius 1 is 0.838 bits per heavy atom. The number of nitrogens with one attached hydrogen (secondary N) is 1. The Morgan fingerprint density at radius 2 is 1.38 bits per heavy atom. The molecule has 9 heteroatoms. The molecule has 0 spiro atoms. The van der Waals surface area contributed by atoms with Crippen LogP contribution in [0, 0.1) is 10.1 Å². The zero-order chi connectivity index (χ0) is 26.3. The summed E-state index contributed by atoms with van der Waals surface area (Å²) in [5, 5.41) is 26.1. The van der Waals surface area contributed by atoms with E-state index in [1.54, 1.807) is 72.8 Å². The molecule has 0 saturated carbocycles. The summed E-state index contributed by atoms with van der Waals surface area (Å²) in [6.07, 6.45) is 1.39. The van der Waals surface area contributed by atoms with Crippen LogP contribution in [0.15, 0.2) is 114 Å². The van der Waals surface area contributed by atoms with Crippen molar-refractivity contribution in [2.75, 3.05) is 0 Å². The third kappa shape index (κ3) is 5.75. The van der Waals surface area contributed by atoms with Crippen LogP contribution in [0.2, 0.25) is 0 Å². The van der Waals surface area contributed by atoms with Gasteiger partial charge < -0.3 is 9.84 Å². The Kier molecular flexibility index (Phi) is 7.46. The Bertz CT molecular complexity index is 1380. The number of ether oxygens (including phenoxy) is 1. The molecule has 4 aromatic rings. The second-order valence-electron chi connectivity index (χ2n) is 7.90. The molecule has 0 aromatic heterocycles. The summed E-state index contributed by atoms with van der Waals surface area (Å²) in [5.41, 5.74) is 1.88. The van der Waals surface area contributed by atoms with Crippen LogP contribution in [0.5, 0.6) is 5.75 Å². The van der Waals surface area contributed by atoms with Crippen molar-refractivity contribution in [3.8, 4) is 5.75 Å². The van der Waals surface area contributed by atoms with Crippen LogP contribution in [0.4, 0.5) is 5.69 Å². The largest absolute Gasteiger partial charge is 0.423 e. The number of carbonyl (C=O) groups is 2. The second kappa shape index (κ2) is 11.1. The molecule has 0 saturated heterocycles. The molecule has 184 valence electrons. The van der Waals surface area contributed by atoms with E-state index in [9.17, 15) is 24.8 Å². The van der Waals surface area contributed by atoms with E-state index in [0.29, 0.717) is 16.7 Å². The van der Waals surface area contributed by atoms with Gasteiger partial charge in [0.05, 0.1) is 16.7 Å². The minimum Gasteiger partial charge on any atom is -0.423 e. The number of hydrazone groups is 1. The molecule has 1 amide bonds. The summed E-state index contributed by atoms with van der Waals surface area (Å²) in [6.45, 7) is 0. The maximum absolute atomic E-state index is 13.1. The topological polar surface area (TPSA) is 131 Å². The first-order chi connectivity index (χ1) is 17.9. The standard InChI is InChI=1S/C28H21N3O6/c32-26(21-13-15-24(16-14-21)31(35)36)37-25-17-11-20(12-18-25)19-29-30-27(33)28(34,22-7-3-1-4-8-22)23-9-5-2-6-10-23/h1-19,34H,(H,30,33). The first-order valence-electron chi connectivity index (χ1n) is 11.1. The van der Waals surface area contributed by atoms with Crippen molar-refractivity contribution in [2.45, 2.75) is 5.60 Å². The monoisotopic (exact) mass is 495 g/mol. The van der Waals surface area contributed by atoms with E-state index in [0.717, 1.165) is 0 Å². The second-order valence-corrected chi connectivity index (χ2v) is 7.90. The highest BCUT2D eigenvalue weighted by atomic mass is 16.6. The van der Waals surface area contributed by atoms with Crippen molar-refractivity contribution in [1.29, 1.82) is 0 Å². The Hall–Kier alpha value is -5.15. The summed E-state index contributed by atoms with van der Waals surface area (Å²) in [6, 6.07) is 28.5. The zero-order valence-electron chi connectivity index (χ0n) is 19.4. The molecule has 0 unspecified atom stereocenters. The van der Waals surface area contributed by atoms with Gasteiger partial charge in [0.15, 0.2) is 5.60 Å². The number of amides is 1. The number of benzene rings is 4. The molecular formula is C28H21N3O6. The molecule has 0 aliphatic carbocycles. The number of aliphatic hydroxyl groups is 1. The molecule has 0 fully saturated rings. The summed E-state index contributed by atoms with van der Waals surface area (Å²) in [4.78, 5) is 35.5.